The van der Waals surface area contributed by atoms with Crippen molar-refractivity contribution in [3.05, 3.63) is 52.0 Å². The number of carbonyl (C=O) groups is 2. The largest absolute Gasteiger partial charge is 0.486 e. The average Bonchev–Trinajstić information content (AvgIpc) is 2.85. The maximum absolute atomic E-state index is 13.4. The Bertz CT molecular complexity index is 1270. The fraction of sp³-hybridized carbons (Fsp3) is 0.462. The number of hydrogen-bond donors (Lipinski definition) is 1. The highest BCUT2D eigenvalue weighted by atomic mass is 35.5. The molecule has 0 saturated carbocycles. The van der Waals surface area contributed by atoms with Gasteiger partial charge in [0, 0.05) is 31.6 Å². The van der Waals surface area contributed by atoms with Crippen LogP contribution in [0.2, 0.25) is 10.0 Å². The molecule has 1 aliphatic heterocycles. The molecule has 0 bridgehead atoms. The van der Waals surface area contributed by atoms with Gasteiger partial charge in [0.1, 0.15) is 19.3 Å². The van der Waals surface area contributed by atoms with Crippen molar-refractivity contribution in [3.8, 4) is 11.5 Å². The first-order valence-corrected chi connectivity index (χ1v) is 14.9. The van der Waals surface area contributed by atoms with Crippen LogP contribution in [0.4, 0.5) is 5.69 Å². The fourth-order valence-corrected chi connectivity index (χ4v) is 5.29. The van der Waals surface area contributed by atoms with Gasteiger partial charge in [-0.2, -0.15) is 0 Å². The van der Waals surface area contributed by atoms with E-state index in [0.717, 1.165) is 6.26 Å². The first kappa shape index (κ1) is 29.9. The second-order valence-corrected chi connectivity index (χ2v) is 12.1. The van der Waals surface area contributed by atoms with Gasteiger partial charge in [0.05, 0.1) is 22.0 Å². The molecule has 1 aliphatic rings. The Morgan fingerprint density at radius 2 is 1.68 bits per heavy atom. The number of fused-ring (bicyclic) bond motifs is 1. The molecule has 0 spiro atoms. The first-order valence-electron chi connectivity index (χ1n) is 12.3. The van der Waals surface area contributed by atoms with Gasteiger partial charge in [-0.05, 0) is 57.0 Å². The van der Waals surface area contributed by atoms with E-state index in [-0.39, 0.29) is 43.8 Å². The number of halogens is 2. The third kappa shape index (κ3) is 7.91. The zero-order valence-electron chi connectivity index (χ0n) is 21.9. The lowest BCUT2D eigenvalue weighted by Gasteiger charge is -2.30. The summed E-state index contributed by atoms with van der Waals surface area (Å²) in [6.07, 6.45) is 1.37. The van der Waals surface area contributed by atoms with Crippen LogP contribution in [-0.4, -0.2) is 63.2 Å². The van der Waals surface area contributed by atoms with Gasteiger partial charge in [0.2, 0.25) is 21.8 Å². The molecule has 2 amide bonds. The molecule has 2 aromatic carbocycles. The van der Waals surface area contributed by atoms with Gasteiger partial charge in [-0.3, -0.25) is 13.9 Å². The summed E-state index contributed by atoms with van der Waals surface area (Å²) in [6, 6.07) is 9.11. The van der Waals surface area contributed by atoms with Crippen molar-refractivity contribution in [2.75, 3.05) is 30.3 Å². The number of rotatable bonds is 11. The summed E-state index contributed by atoms with van der Waals surface area (Å²) < 4.78 is 37.5. The third-order valence-electron chi connectivity index (χ3n) is 5.90. The molecule has 1 heterocycles. The molecule has 0 aliphatic carbocycles. The zero-order chi connectivity index (χ0) is 28.0. The molecule has 12 heteroatoms. The number of sulfonamides is 1. The molecule has 9 nitrogen and oxygen atoms in total. The second kappa shape index (κ2) is 12.9. The lowest BCUT2D eigenvalue weighted by atomic mass is 10.1. The number of hydrogen-bond acceptors (Lipinski definition) is 6. The Morgan fingerprint density at radius 1 is 1.00 bits per heavy atom. The van der Waals surface area contributed by atoms with E-state index in [0.29, 0.717) is 46.0 Å². The number of amides is 2. The molecule has 1 N–H and O–H groups in total. The Morgan fingerprint density at radius 3 is 2.32 bits per heavy atom. The average molecular weight is 587 g/mol. The fourth-order valence-electron chi connectivity index (χ4n) is 4.01. The van der Waals surface area contributed by atoms with Crippen LogP contribution < -0.4 is 19.1 Å². The van der Waals surface area contributed by atoms with Crippen molar-refractivity contribution in [2.45, 2.75) is 52.2 Å². The minimum atomic E-state index is -3.64. The van der Waals surface area contributed by atoms with Crippen LogP contribution in [0, 0.1) is 0 Å². The quantitative estimate of drug-likeness (QED) is 0.422. The highest BCUT2D eigenvalue weighted by Gasteiger charge is 2.27. The second-order valence-electron chi connectivity index (χ2n) is 9.38. The van der Waals surface area contributed by atoms with E-state index in [1.165, 1.54) is 9.21 Å². The molecule has 0 saturated heterocycles. The van der Waals surface area contributed by atoms with Crippen LogP contribution in [0.15, 0.2) is 36.4 Å². The van der Waals surface area contributed by atoms with Crippen LogP contribution in [0.25, 0.3) is 0 Å². The zero-order valence-corrected chi connectivity index (χ0v) is 24.2. The number of ether oxygens (including phenoxy) is 2. The van der Waals surface area contributed by atoms with Crippen molar-refractivity contribution in [3.63, 3.8) is 0 Å². The molecule has 1 atom stereocenters. The van der Waals surface area contributed by atoms with Gasteiger partial charge in [0.25, 0.3) is 0 Å². The predicted octanol–water partition coefficient (Wildman–Crippen LogP) is 4.25. The normalized spacial score (nSPS) is 13.7. The van der Waals surface area contributed by atoms with E-state index in [2.05, 4.69) is 5.32 Å². The molecule has 0 fully saturated rings. The van der Waals surface area contributed by atoms with Crippen molar-refractivity contribution in [1.29, 1.82) is 0 Å². The first-order chi connectivity index (χ1) is 17.9. The third-order valence-corrected chi connectivity index (χ3v) is 7.83. The van der Waals surface area contributed by atoms with Crippen LogP contribution in [0.1, 0.15) is 39.2 Å². The Balaban J connectivity index is 1.75. The lowest BCUT2D eigenvalue weighted by molar-refractivity contribution is -0.140. The Labute approximate surface area is 234 Å². The van der Waals surface area contributed by atoms with E-state index >= 15 is 0 Å². The number of nitrogens with one attached hydrogen (secondary N) is 1. The Kier molecular flexibility index (Phi) is 10.1. The van der Waals surface area contributed by atoms with E-state index in [4.69, 9.17) is 32.7 Å². The summed E-state index contributed by atoms with van der Waals surface area (Å²) in [5.41, 5.74) is 1.13. The highest BCUT2D eigenvalue weighted by Crippen LogP contribution is 2.35. The monoisotopic (exact) mass is 585 g/mol. The predicted molar refractivity (Wildman–Crippen MR) is 149 cm³/mol. The Hall–Kier alpha value is -2.69. The van der Waals surface area contributed by atoms with E-state index in [1.54, 1.807) is 43.3 Å². The highest BCUT2D eigenvalue weighted by molar-refractivity contribution is 7.92. The van der Waals surface area contributed by atoms with Gasteiger partial charge in [-0.25, -0.2) is 8.42 Å². The molecule has 38 heavy (non-hydrogen) atoms. The van der Waals surface area contributed by atoms with E-state index in [9.17, 15) is 18.0 Å². The minimum Gasteiger partial charge on any atom is -0.486 e. The molecular formula is C26H33Cl2N3O6S. The molecular weight excluding hydrogens is 553 g/mol. The van der Waals surface area contributed by atoms with Crippen molar-refractivity contribution < 1.29 is 27.5 Å². The summed E-state index contributed by atoms with van der Waals surface area (Å²) in [4.78, 5) is 27.6. The number of carbonyl (C=O) groups excluding carboxylic acids is 2. The van der Waals surface area contributed by atoms with Crippen LogP contribution in [0.5, 0.6) is 11.5 Å². The molecule has 0 aromatic heterocycles. The molecule has 208 valence electrons. The maximum atomic E-state index is 13.4. The standard InChI is InChI=1S/C26H33Cl2N3O6S/c1-17(2)29-26(33)18(3)30(16-19-7-9-21(27)22(28)14-19)25(32)6-5-11-31(38(4,34)35)20-8-10-23-24(15-20)37-13-12-36-23/h7-10,14-15,17-18H,5-6,11-13,16H2,1-4H3,(H,29,33)/t18-/m0/s1. The van der Waals surface area contributed by atoms with Crippen LogP contribution in [0.3, 0.4) is 0 Å². The van der Waals surface area contributed by atoms with Crippen molar-refractivity contribution in [1.82, 2.24) is 10.2 Å². The smallest absolute Gasteiger partial charge is 0.242 e. The molecule has 2 aromatic rings. The summed E-state index contributed by atoms with van der Waals surface area (Å²) in [5.74, 6) is 0.437. The lowest BCUT2D eigenvalue weighted by Crippen LogP contribution is -2.49. The van der Waals surface area contributed by atoms with Gasteiger partial charge in [0.15, 0.2) is 11.5 Å². The van der Waals surface area contributed by atoms with E-state index in [1.807, 2.05) is 13.8 Å². The summed E-state index contributed by atoms with van der Waals surface area (Å²) in [5, 5.41) is 3.57. The van der Waals surface area contributed by atoms with Crippen LogP contribution >= 0.6 is 23.2 Å². The van der Waals surface area contributed by atoms with Crippen molar-refractivity contribution >= 4 is 50.7 Å². The molecule has 3 rings (SSSR count). The van der Waals surface area contributed by atoms with Crippen molar-refractivity contribution in [2.24, 2.45) is 0 Å². The summed E-state index contributed by atoms with van der Waals surface area (Å²) in [6.45, 7) is 6.35. The number of nitrogens with zero attached hydrogens (tertiary/aromatic N) is 2. The molecule has 0 radical (unpaired) electrons. The topological polar surface area (TPSA) is 105 Å². The SMILES string of the molecule is CC(C)NC(=O)[C@H](C)N(Cc1ccc(Cl)c(Cl)c1)C(=O)CCCN(c1ccc2c(c1)OCCO2)S(C)(=O)=O. The summed E-state index contributed by atoms with van der Waals surface area (Å²) >= 11 is 12.2. The number of anilines is 1. The number of benzene rings is 2. The van der Waals surface area contributed by atoms with Gasteiger partial charge in [-0.1, -0.05) is 29.3 Å². The van der Waals surface area contributed by atoms with Gasteiger partial charge in [-0.15, -0.1) is 0 Å². The summed E-state index contributed by atoms with van der Waals surface area (Å²) in [7, 11) is -3.64. The molecule has 0 unspecified atom stereocenters. The van der Waals surface area contributed by atoms with Gasteiger partial charge >= 0.3 is 0 Å². The maximum Gasteiger partial charge on any atom is 0.242 e. The minimum absolute atomic E-state index is 0.0250. The van der Waals surface area contributed by atoms with Crippen LogP contribution in [-0.2, 0) is 26.2 Å². The van der Waals surface area contributed by atoms with E-state index < -0.39 is 16.1 Å². The van der Waals surface area contributed by atoms with Gasteiger partial charge < -0.3 is 19.7 Å².